The van der Waals surface area contributed by atoms with Crippen molar-refractivity contribution in [3.63, 3.8) is 0 Å². The largest absolute Gasteiger partial charge is 0.339 e. The van der Waals surface area contributed by atoms with Gasteiger partial charge in [0.2, 0.25) is 5.89 Å². The van der Waals surface area contributed by atoms with Gasteiger partial charge in [0.25, 0.3) is 5.91 Å². The van der Waals surface area contributed by atoms with Gasteiger partial charge in [-0.1, -0.05) is 5.16 Å². The molecule has 1 saturated carbocycles. The minimum absolute atomic E-state index is 0.00854. The van der Waals surface area contributed by atoms with Gasteiger partial charge in [0.15, 0.2) is 5.82 Å². The van der Waals surface area contributed by atoms with Crippen LogP contribution in [0.1, 0.15) is 80.5 Å². The van der Waals surface area contributed by atoms with E-state index in [0.29, 0.717) is 17.3 Å². The van der Waals surface area contributed by atoms with Crippen LogP contribution in [0, 0.1) is 0 Å². The van der Waals surface area contributed by atoms with Crippen LogP contribution < -0.4 is 0 Å². The average molecular weight is 329 g/mol. The van der Waals surface area contributed by atoms with Gasteiger partial charge >= 0.3 is 0 Å². The maximum atomic E-state index is 12.9. The number of carbonyl (C=O) groups is 1. The third kappa shape index (κ3) is 2.72. The first kappa shape index (κ1) is 15.4. The van der Waals surface area contributed by atoms with Gasteiger partial charge in [-0.15, -0.1) is 0 Å². The molecule has 2 aromatic heterocycles. The molecule has 128 valence electrons. The highest BCUT2D eigenvalue weighted by Gasteiger charge is 2.36. The van der Waals surface area contributed by atoms with Crippen LogP contribution in [0.3, 0.4) is 0 Å². The molecule has 0 aromatic carbocycles. The Labute approximate surface area is 141 Å². The molecule has 0 bridgehead atoms. The Morgan fingerprint density at radius 1 is 1.29 bits per heavy atom. The number of rotatable bonds is 3. The molecular weight excluding hydrogens is 306 g/mol. The van der Waals surface area contributed by atoms with Gasteiger partial charge in [-0.3, -0.25) is 9.48 Å². The molecule has 0 spiro atoms. The molecule has 2 aromatic rings. The predicted octanol–water partition coefficient (Wildman–Crippen LogP) is 2.88. The van der Waals surface area contributed by atoms with Crippen LogP contribution in [0.4, 0.5) is 0 Å². The molecule has 2 fully saturated rings. The predicted molar refractivity (Wildman–Crippen MR) is 86.5 cm³/mol. The summed E-state index contributed by atoms with van der Waals surface area (Å²) < 4.78 is 7.19. The molecule has 0 unspecified atom stereocenters. The Bertz CT molecular complexity index is 753. The van der Waals surface area contributed by atoms with Gasteiger partial charge in [-0.05, 0) is 46.5 Å². The van der Waals surface area contributed by atoms with Crippen LogP contribution >= 0.6 is 0 Å². The number of aromatic nitrogens is 4. The highest BCUT2D eigenvalue weighted by molar-refractivity contribution is 5.94. The third-order valence-corrected chi connectivity index (χ3v) is 4.71. The lowest BCUT2D eigenvalue weighted by Gasteiger charge is -2.22. The van der Waals surface area contributed by atoms with Crippen molar-refractivity contribution in [3.8, 4) is 0 Å². The molecule has 24 heavy (non-hydrogen) atoms. The Hall–Kier alpha value is -2.18. The fourth-order valence-electron chi connectivity index (χ4n) is 3.12. The fourth-order valence-corrected chi connectivity index (χ4v) is 3.12. The SMILES string of the molecule is CC(C)(C)n1cc(C(=O)N2CCC[C@@H]2c2noc(C3CC3)n2)cn1. The highest BCUT2D eigenvalue weighted by Crippen LogP contribution is 2.40. The maximum Gasteiger partial charge on any atom is 0.257 e. The number of amides is 1. The first-order valence-electron chi connectivity index (χ1n) is 8.63. The molecule has 1 saturated heterocycles. The van der Waals surface area contributed by atoms with Crippen LogP contribution in [0.5, 0.6) is 0 Å². The zero-order chi connectivity index (χ0) is 16.9. The second-order valence-corrected chi connectivity index (χ2v) is 7.77. The molecule has 1 aliphatic heterocycles. The summed E-state index contributed by atoms with van der Waals surface area (Å²) in [6.07, 6.45) is 7.56. The molecular formula is C17H23N5O2. The van der Waals surface area contributed by atoms with Gasteiger partial charge in [-0.25, -0.2) is 0 Å². The van der Waals surface area contributed by atoms with Gasteiger partial charge < -0.3 is 9.42 Å². The Morgan fingerprint density at radius 2 is 2.08 bits per heavy atom. The minimum Gasteiger partial charge on any atom is -0.339 e. The molecule has 7 nitrogen and oxygen atoms in total. The van der Waals surface area contributed by atoms with Crippen molar-refractivity contribution in [2.45, 2.75) is 64.0 Å². The average Bonchev–Trinajstić information content (AvgIpc) is 3.02. The number of hydrogen-bond acceptors (Lipinski definition) is 5. The van der Waals surface area contributed by atoms with E-state index >= 15 is 0 Å². The molecule has 0 radical (unpaired) electrons. The first-order chi connectivity index (χ1) is 11.4. The number of carbonyl (C=O) groups excluding carboxylic acids is 1. The van der Waals surface area contributed by atoms with E-state index in [1.165, 1.54) is 0 Å². The molecule has 4 rings (SSSR count). The third-order valence-electron chi connectivity index (χ3n) is 4.71. The molecule has 1 atom stereocenters. The standard InChI is InChI=1S/C17H23N5O2/c1-17(2,3)22-10-12(9-18-22)16(23)21-8-4-5-13(21)14-19-15(24-20-14)11-6-7-11/h9-11,13H,4-8H2,1-3H3/t13-/m1/s1. The Kier molecular flexibility index (Phi) is 3.47. The minimum atomic E-state index is -0.143. The summed E-state index contributed by atoms with van der Waals surface area (Å²) in [6.45, 7) is 6.90. The van der Waals surface area contributed by atoms with Crippen LogP contribution in [0.25, 0.3) is 0 Å². The molecule has 2 aliphatic rings. The first-order valence-corrected chi connectivity index (χ1v) is 8.63. The van der Waals surface area contributed by atoms with Crippen molar-refractivity contribution in [3.05, 3.63) is 29.7 Å². The Balaban J connectivity index is 1.55. The summed E-state index contributed by atoms with van der Waals surface area (Å²) in [5, 5.41) is 8.46. The van der Waals surface area contributed by atoms with E-state index in [-0.39, 0.29) is 17.5 Å². The second kappa shape index (κ2) is 5.43. The highest BCUT2D eigenvalue weighted by atomic mass is 16.5. The topological polar surface area (TPSA) is 77.0 Å². The van der Waals surface area contributed by atoms with Crippen molar-refractivity contribution < 1.29 is 9.32 Å². The lowest BCUT2D eigenvalue weighted by Crippen LogP contribution is -2.31. The second-order valence-electron chi connectivity index (χ2n) is 7.77. The van der Waals surface area contributed by atoms with Crippen molar-refractivity contribution in [2.75, 3.05) is 6.54 Å². The van der Waals surface area contributed by atoms with Crippen molar-refractivity contribution in [2.24, 2.45) is 0 Å². The summed E-state index contributed by atoms with van der Waals surface area (Å²) in [6, 6.07) is -0.0910. The Morgan fingerprint density at radius 3 is 2.75 bits per heavy atom. The van der Waals surface area contributed by atoms with E-state index in [2.05, 4.69) is 36.0 Å². The van der Waals surface area contributed by atoms with Gasteiger partial charge in [0.05, 0.1) is 23.3 Å². The van der Waals surface area contributed by atoms with E-state index in [1.807, 2.05) is 15.8 Å². The van der Waals surface area contributed by atoms with E-state index in [0.717, 1.165) is 38.1 Å². The van der Waals surface area contributed by atoms with E-state index in [4.69, 9.17) is 4.52 Å². The van der Waals surface area contributed by atoms with Crippen LogP contribution in [0.2, 0.25) is 0 Å². The molecule has 1 aliphatic carbocycles. The summed E-state index contributed by atoms with van der Waals surface area (Å²) in [5.41, 5.74) is 0.471. The summed E-state index contributed by atoms with van der Waals surface area (Å²) in [7, 11) is 0. The van der Waals surface area contributed by atoms with E-state index < -0.39 is 0 Å². The van der Waals surface area contributed by atoms with Crippen LogP contribution in [-0.4, -0.2) is 37.3 Å². The normalized spacial score (nSPS) is 21.5. The van der Waals surface area contributed by atoms with Crippen molar-refractivity contribution in [1.29, 1.82) is 0 Å². The molecule has 3 heterocycles. The van der Waals surface area contributed by atoms with E-state index in [9.17, 15) is 4.79 Å². The number of nitrogens with zero attached hydrogens (tertiary/aromatic N) is 5. The zero-order valence-electron chi connectivity index (χ0n) is 14.4. The van der Waals surface area contributed by atoms with Crippen LogP contribution in [0.15, 0.2) is 16.9 Å². The number of likely N-dealkylation sites (tertiary alicyclic amines) is 1. The molecule has 0 N–H and O–H groups in total. The van der Waals surface area contributed by atoms with E-state index in [1.54, 1.807) is 6.20 Å². The summed E-state index contributed by atoms with van der Waals surface area (Å²) >= 11 is 0. The summed E-state index contributed by atoms with van der Waals surface area (Å²) in [4.78, 5) is 19.3. The number of hydrogen-bond donors (Lipinski definition) is 0. The zero-order valence-corrected chi connectivity index (χ0v) is 14.4. The lowest BCUT2D eigenvalue weighted by molar-refractivity contribution is 0.0728. The molecule has 1 amide bonds. The molecule has 7 heteroatoms. The van der Waals surface area contributed by atoms with Crippen molar-refractivity contribution in [1.82, 2.24) is 24.8 Å². The quantitative estimate of drug-likeness (QED) is 0.865. The maximum absolute atomic E-state index is 12.9. The van der Waals surface area contributed by atoms with Gasteiger partial charge in [0.1, 0.15) is 0 Å². The van der Waals surface area contributed by atoms with Crippen molar-refractivity contribution >= 4 is 5.91 Å². The van der Waals surface area contributed by atoms with Gasteiger partial charge in [-0.2, -0.15) is 10.1 Å². The van der Waals surface area contributed by atoms with Gasteiger partial charge in [0, 0.05) is 18.7 Å². The fraction of sp³-hybridized carbons (Fsp3) is 0.647. The lowest BCUT2D eigenvalue weighted by atomic mass is 10.1. The smallest absolute Gasteiger partial charge is 0.257 e. The van der Waals surface area contributed by atoms with Crippen LogP contribution in [-0.2, 0) is 5.54 Å². The monoisotopic (exact) mass is 329 g/mol. The summed E-state index contributed by atoms with van der Waals surface area (Å²) in [5.74, 6) is 1.79.